The van der Waals surface area contributed by atoms with Gasteiger partial charge in [-0.1, -0.05) is 32.1 Å². The van der Waals surface area contributed by atoms with E-state index in [1.165, 1.54) is 11.3 Å². The lowest BCUT2D eigenvalue weighted by Crippen LogP contribution is -2.37. The minimum Gasteiger partial charge on any atom is -0.467 e. The number of furan rings is 1. The van der Waals surface area contributed by atoms with Gasteiger partial charge in [-0.25, -0.2) is 9.50 Å². The second kappa shape index (κ2) is 6.27. The van der Waals surface area contributed by atoms with E-state index in [-0.39, 0.29) is 11.3 Å². The Hall–Kier alpha value is -2.35. The minimum absolute atomic E-state index is 0.0138. The Morgan fingerprint density at radius 1 is 1.46 bits per heavy atom. The van der Waals surface area contributed by atoms with Gasteiger partial charge in [-0.05, 0) is 19.1 Å². The van der Waals surface area contributed by atoms with Crippen molar-refractivity contribution in [1.29, 1.82) is 0 Å². The van der Waals surface area contributed by atoms with E-state index < -0.39 is 6.04 Å². The molecule has 0 aliphatic rings. The molecule has 3 rings (SSSR count). The minimum atomic E-state index is -0.405. The summed E-state index contributed by atoms with van der Waals surface area (Å²) in [6, 6.07) is 3.21. The number of carbonyl (C=O) groups is 1. The number of rotatable bonds is 5. The van der Waals surface area contributed by atoms with Gasteiger partial charge in [-0.2, -0.15) is 0 Å². The molecule has 0 fully saturated rings. The quantitative estimate of drug-likeness (QED) is 0.741. The van der Waals surface area contributed by atoms with Gasteiger partial charge in [-0.15, -0.1) is 5.10 Å². The highest BCUT2D eigenvalue weighted by atomic mass is 32.1. The molecule has 3 aromatic heterocycles. The zero-order valence-electron chi connectivity index (χ0n) is 14.2. The summed E-state index contributed by atoms with van der Waals surface area (Å²) in [4.78, 5) is 17.5. The zero-order valence-corrected chi connectivity index (χ0v) is 15.0. The van der Waals surface area contributed by atoms with Crippen molar-refractivity contribution in [2.24, 2.45) is 0 Å². The smallest absolute Gasteiger partial charge is 0.242 e. The molecule has 0 saturated heterocycles. The van der Waals surface area contributed by atoms with Crippen LogP contribution in [0.1, 0.15) is 39.1 Å². The second-order valence-corrected chi connectivity index (χ2v) is 7.63. The van der Waals surface area contributed by atoms with E-state index >= 15 is 0 Å². The third kappa shape index (κ3) is 3.59. The van der Waals surface area contributed by atoms with Crippen LogP contribution in [0.2, 0.25) is 0 Å². The Labute approximate surface area is 144 Å². The molecule has 0 spiro atoms. The number of hydrogen-bond donors (Lipinski definition) is 2. The lowest BCUT2D eigenvalue weighted by molar-refractivity contribution is -0.121. The van der Waals surface area contributed by atoms with Gasteiger partial charge in [0.25, 0.3) is 0 Å². The molecule has 0 aromatic carbocycles. The van der Waals surface area contributed by atoms with Crippen molar-refractivity contribution in [2.75, 3.05) is 5.32 Å². The second-order valence-electron chi connectivity index (χ2n) is 6.67. The zero-order chi connectivity index (χ0) is 17.3. The van der Waals surface area contributed by atoms with Gasteiger partial charge in [0, 0.05) is 5.41 Å². The summed E-state index contributed by atoms with van der Waals surface area (Å²) in [5.41, 5.74) is 0.983. The average Bonchev–Trinajstić information content (AvgIpc) is 3.18. The summed E-state index contributed by atoms with van der Waals surface area (Å²) in [5.74, 6) is 0.604. The number of carbonyl (C=O) groups excluding carboxylic acids is 1. The number of aromatic nitrogens is 3. The number of amides is 1. The lowest BCUT2D eigenvalue weighted by Gasteiger charge is -2.14. The van der Waals surface area contributed by atoms with Crippen LogP contribution in [-0.2, 0) is 16.8 Å². The van der Waals surface area contributed by atoms with Crippen molar-refractivity contribution in [3.63, 3.8) is 0 Å². The van der Waals surface area contributed by atoms with Crippen molar-refractivity contribution < 1.29 is 9.21 Å². The number of imidazole rings is 1. The Balaban J connectivity index is 1.61. The number of anilines is 1. The van der Waals surface area contributed by atoms with Crippen LogP contribution >= 0.6 is 11.3 Å². The van der Waals surface area contributed by atoms with Gasteiger partial charge in [0.15, 0.2) is 0 Å². The summed E-state index contributed by atoms with van der Waals surface area (Å²) in [7, 11) is 0. The maximum absolute atomic E-state index is 12.1. The summed E-state index contributed by atoms with van der Waals surface area (Å²) < 4.78 is 6.94. The van der Waals surface area contributed by atoms with Crippen LogP contribution in [0.4, 0.5) is 5.13 Å². The molecular formula is C16H21N5O2S. The van der Waals surface area contributed by atoms with Gasteiger partial charge in [0.05, 0.1) is 24.7 Å². The SMILES string of the molecule is CC(Nc1nn2cc(C(C)(C)C)nc2s1)C(=O)NCc1ccco1. The van der Waals surface area contributed by atoms with E-state index in [9.17, 15) is 4.79 Å². The van der Waals surface area contributed by atoms with Crippen LogP contribution in [0.25, 0.3) is 4.96 Å². The summed E-state index contributed by atoms with van der Waals surface area (Å²) in [6.45, 7) is 8.51. The third-order valence-corrected chi connectivity index (χ3v) is 4.42. The van der Waals surface area contributed by atoms with Crippen LogP contribution in [0, 0.1) is 0 Å². The van der Waals surface area contributed by atoms with E-state index in [0.717, 1.165) is 16.4 Å². The first-order valence-corrected chi connectivity index (χ1v) is 8.58. The van der Waals surface area contributed by atoms with Crippen LogP contribution in [0.3, 0.4) is 0 Å². The number of nitrogens with one attached hydrogen (secondary N) is 2. The van der Waals surface area contributed by atoms with Gasteiger partial charge in [0.1, 0.15) is 11.8 Å². The lowest BCUT2D eigenvalue weighted by atomic mass is 9.93. The molecular weight excluding hydrogens is 326 g/mol. The predicted molar refractivity (Wildman–Crippen MR) is 93.2 cm³/mol. The van der Waals surface area contributed by atoms with Gasteiger partial charge >= 0.3 is 0 Å². The molecule has 24 heavy (non-hydrogen) atoms. The fourth-order valence-corrected chi connectivity index (χ4v) is 2.98. The van der Waals surface area contributed by atoms with E-state index in [0.29, 0.717) is 11.7 Å². The monoisotopic (exact) mass is 347 g/mol. The highest BCUT2D eigenvalue weighted by molar-refractivity contribution is 7.20. The van der Waals surface area contributed by atoms with Crippen molar-refractivity contribution in [3.8, 4) is 0 Å². The van der Waals surface area contributed by atoms with E-state index in [2.05, 4.69) is 41.5 Å². The Morgan fingerprint density at radius 2 is 2.25 bits per heavy atom. The van der Waals surface area contributed by atoms with Crippen molar-refractivity contribution >= 4 is 27.3 Å². The molecule has 0 radical (unpaired) electrons. The summed E-state index contributed by atoms with van der Waals surface area (Å²) in [5, 5.41) is 11.0. The van der Waals surface area contributed by atoms with Crippen LogP contribution in [-0.4, -0.2) is 26.5 Å². The molecule has 8 heteroatoms. The van der Waals surface area contributed by atoms with Crippen molar-refractivity contribution in [2.45, 2.75) is 45.7 Å². The van der Waals surface area contributed by atoms with E-state index in [1.54, 1.807) is 23.8 Å². The fourth-order valence-electron chi connectivity index (χ4n) is 2.11. The van der Waals surface area contributed by atoms with Crippen LogP contribution in [0.15, 0.2) is 29.0 Å². The molecule has 7 nitrogen and oxygen atoms in total. The van der Waals surface area contributed by atoms with E-state index in [1.807, 2.05) is 12.3 Å². The summed E-state index contributed by atoms with van der Waals surface area (Å²) >= 11 is 1.43. The molecule has 1 atom stereocenters. The molecule has 1 unspecified atom stereocenters. The number of hydrogen-bond acceptors (Lipinski definition) is 6. The highest BCUT2D eigenvalue weighted by Gasteiger charge is 2.20. The summed E-state index contributed by atoms with van der Waals surface area (Å²) in [6.07, 6.45) is 3.51. The number of nitrogens with zero attached hydrogens (tertiary/aromatic N) is 3. The topological polar surface area (TPSA) is 84.5 Å². The first-order valence-electron chi connectivity index (χ1n) is 7.76. The van der Waals surface area contributed by atoms with Gasteiger partial charge in [0.2, 0.25) is 16.0 Å². The molecule has 1 amide bonds. The Bertz CT molecular complexity index is 797. The molecule has 0 bridgehead atoms. The Morgan fingerprint density at radius 3 is 2.88 bits per heavy atom. The van der Waals surface area contributed by atoms with E-state index in [4.69, 9.17) is 4.42 Å². The molecule has 0 aliphatic carbocycles. The standard InChI is InChI=1S/C16H21N5O2S/c1-10(13(22)17-8-11-6-5-7-23-11)18-14-20-21-9-12(16(2,3)4)19-15(21)24-14/h5-7,9-10H,8H2,1-4H3,(H,17,22)(H,18,20). The first-order chi connectivity index (χ1) is 11.3. The molecule has 3 aromatic rings. The van der Waals surface area contributed by atoms with Gasteiger partial charge < -0.3 is 15.1 Å². The average molecular weight is 347 g/mol. The Kier molecular flexibility index (Phi) is 4.31. The normalized spacial score (nSPS) is 13.2. The molecule has 0 saturated carbocycles. The largest absolute Gasteiger partial charge is 0.467 e. The van der Waals surface area contributed by atoms with Gasteiger partial charge in [-0.3, -0.25) is 4.79 Å². The molecule has 128 valence electrons. The van der Waals surface area contributed by atoms with Crippen LogP contribution in [0.5, 0.6) is 0 Å². The van der Waals surface area contributed by atoms with Crippen molar-refractivity contribution in [3.05, 3.63) is 36.0 Å². The molecule has 2 N–H and O–H groups in total. The van der Waals surface area contributed by atoms with Crippen LogP contribution < -0.4 is 10.6 Å². The maximum Gasteiger partial charge on any atom is 0.242 e. The highest BCUT2D eigenvalue weighted by Crippen LogP contribution is 2.25. The fraction of sp³-hybridized carbons (Fsp3) is 0.438. The third-order valence-electron chi connectivity index (χ3n) is 3.56. The number of fused-ring (bicyclic) bond motifs is 1. The maximum atomic E-state index is 12.1. The predicted octanol–water partition coefficient (Wildman–Crippen LogP) is 2.80. The molecule has 3 heterocycles. The molecule has 0 aliphatic heterocycles. The van der Waals surface area contributed by atoms with Crippen molar-refractivity contribution in [1.82, 2.24) is 19.9 Å². The first kappa shape index (κ1) is 16.5.